The Morgan fingerprint density at radius 3 is 2.32 bits per heavy atom. The Morgan fingerprint density at radius 1 is 1.00 bits per heavy atom. The number of nitrogens with zero attached hydrogens (tertiary/aromatic N) is 3. The number of oxazole rings is 1. The lowest BCUT2D eigenvalue weighted by molar-refractivity contribution is -0.116. The maximum atomic E-state index is 12.2. The molecule has 2 aromatic heterocycles. The van der Waals surface area contributed by atoms with Crippen LogP contribution in [0.5, 0.6) is 0 Å². The smallest absolute Gasteiger partial charge is 0.226 e. The fourth-order valence-electron chi connectivity index (χ4n) is 2.80. The van der Waals surface area contributed by atoms with E-state index in [-0.39, 0.29) is 12.3 Å². The van der Waals surface area contributed by atoms with Gasteiger partial charge in [0.1, 0.15) is 10.7 Å². The van der Waals surface area contributed by atoms with Gasteiger partial charge in [-0.3, -0.25) is 4.79 Å². The number of carbonyl (C=O) groups is 1. The third-order valence-corrected chi connectivity index (χ3v) is 4.85. The quantitative estimate of drug-likeness (QED) is 0.514. The van der Waals surface area contributed by atoms with Crippen molar-refractivity contribution in [3.63, 3.8) is 0 Å². The fourth-order valence-corrected chi connectivity index (χ4v) is 3.41. The zero-order valence-corrected chi connectivity index (χ0v) is 16.1. The predicted octanol–water partition coefficient (Wildman–Crippen LogP) is 4.74. The first-order valence-corrected chi connectivity index (χ1v) is 9.71. The first kappa shape index (κ1) is 18.1. The maximum Gasteiger partial charge on any atom is 0.226 e. The van der Waals surface area contributed by atoms with Gasteiger partial charge >= 0.3 is 0 Å². The Labute approximate surface area is 166 Å². The normalized spacial score (nSPS) is 10.8. The number of aryl methyl sites for hydroxylation is 2. The average molecular weight is 390 g/mol. The second kappa shape index (κ2) is 8.14. The van der Waals surface area contributed by atoms with Gasteiger partial charge in [-0.25, -0.2) is 4.98 Å². The summed E-state index contributed by atoms with van der Waals surface area (Å²) in [5, 5.41) is 11.9. The van der Waals surface area contributed by atoms with Crippen LogP contribution >= 0.6 is 11.3 Å². The molecular weight excluding hydrogens is 372 g/mol. The molecule has 0 aliphatic carbocycles. The minimum atomic E-state index is -0.142. The standard InChI is InChI=1S/C21H18N4O2S/c1-14-24-25-21(28-14)22-17(26)12-13-18-23-19(15-8-4-2-5-9-15)20(27-18)16-10-6-3-7-11-16/h2-11H,12-13H2,1H3,(H,22,25,26). The average Bonchev–Trinajstić information content (AvgIpc) is 3.34. The highest BCUT2D eigenvalue weighted by atomic mass is 32.1. The van der Waals surface area contributed by atoms with Crippen molar-refractivity contribution in [1.29, 1.82) is 0 Å². The Hall–Kier alpha value is -3.32. The molecule has 4 rings (SSSR count). The van der Waals surface area contributed by atoms with Crippen LogP contribution in [0.2, 0.25) is 0 Å². The minimum Gasteiger partial charge on any atom is -0.440 e. The van der Waals surface area contributed by atoms with Crippen LogP contribution in [0, 0.1) is 6.92 Å². The van der Waals surface area contributed by atoms with Crippen LogP contribution in [0.15, 0.2) is 65.1 Å². The first-order chi connectivity index (χ1) is 13.7. The number of anilines is 1. The van der Waals surface area contributed by atoms with Crippen molar-refractivity contribution >= 4 is 22.4 Å². The van der Waals surface area contributed by atoms with E-state index in [9.17, 15) is 4.79 Å². The highest BCUT2D eigenvalue weighted by Gasteiger charge is 2.17. The summed E-state index contributed by atoms with van der Waals surface area (Å²) in [5.41, 5.74) is 2.71. The molecule has 1 N–H and O–H groups in total. The summed E-state index contributed by atoms with van der Waals surface area (Å²) in [4.78, 5) is 16.9. The molecule has 0 saturated carbocycles. The van der Waals surface area contributed by atoms with E-state index < -0.39 is 0 Å². The summed E-state index contributed by atoms with van der Waals surface area (Å²) in [6, 6.07) is 19.8. The van der Waals surface area contributed by atoms with Gasteiger partial charge in [-0.1, -0.05) is 72.0 Å². The zero-order valence-electron chi connectivity index (χ0n) is 15.3. The van der Waals surface area contributed by atoms with Crippen LogP contribution < -0.4 is 5.32 Å². The van der Waals surface area contributed by atoms with Crippen LogP contribution in [0.1, 0.15) is 17.3 Å². The number of aromatic nitrogens is 3. The second-order valence-electron chi connectivity index (χ2n) is 6.19. The topological polar surface area (TPSA) is 80.9 Å². The number of rotatable bonds is 6. The molecule has 0 spiro atoms. The summed E-state index contributed by atoms with van der Waals surface area (Å²) in [6.07, 6.45) is 0.651. The van der Waals surface area contributed by atoms with E-state index in [0.29, 0.717) is 23.2 Å². The van der Waals surface area contributed by atoms with E-state index in [2.05, 4.69) is 20.5 Å². The van der Waals surface area contributed by atoms with Gasteiger partial charge in [0, 0.05) is 24.0 Å². The van der Waals surface area contributed by atoms with Crippen LogP contribution in [0.4, 0.5) is 5.13 Å². The molecule has 0 aliphatic rings. The van der Waals surface area contributed by atoms with Gasteiger partial charge in [0.25, 0.3) is 0 Å². The number of amides is 1. The molecule has 7 heteroatoms. The van der Waals surface area contributed by atoms with Gasteiger partial charge < -0.3 is 9.73 Å². The highest BCUT2D eigenvalue weighted by molar-refractivity contribution is 7.15. The lowest BCUT2D eigenvalue weighted by atomic mass is 10.1. The Kier molecular flexibility index (Phi) is 5.25. The van der Waals surface area contributed by atoms with Gasteiger partial charge in [0.05, 0.1) is 0 Å². The zero-order chi connectivity index (χ0) is 19.3. The first-order valence-electron chi connectivity index (χ1n) is 8.89. The lowest BCUT2D eigenvalue weighted by Gasteiger charge is -2.00. The molecule has 0 bridgehead atoms. The molecule has 0 atom stereocenters. The second-order valence-corrected chi connectivity index (χ2v) is 7.37. The molecule has 0 aliphatic heterocycles. The van der Waals surface area contributed by atoms with E-state index in [4.69, 9.17) is 4.42 Å². The fraction of sp³-hybridized carbons (Fsp3) is 0.143. The summed E-state index contributed by atoms with van der Waals surface area (Å²) in [6.45, 7) is 1.84. The monoisotopic (exact) mass is 390 g/mol. The molecule has 0 radical (unpaired) electrons. The van der Waals surface area contributed by atoms with Crippen LogP contribution in [0.25, 0.3) is 22.6 Å². The molecular formula is C21H18N4O2S. The van der Waals surface area contributed by atoms with Crippen LogP contribution in [0.3, 0.4) is 0 Å². The van der Waals surface area contributed by atoms with Crippen molar-refractivity contribution < 1.29 is 9.21 Å². The Morgan fingerprint density at radius 2 is 1.68 bits per heavy atom. The van der Waals surface area contributed by atoms with E-state index >= 15 is 0 Å². The van der Waals surface area contributed by atoms with Gasteiger partial charge in [0.15, 0.2) is 11.7 Å². The summed E-state index contributed by atoms with van der Waals surface area (Å²) >= 11 is 1.35. The van der Waals surface area contributed by atoms with E-state index in [0.717, 1.165) is 21.8 Å². The Balaban J connectivity index is 1.54. The number of hydrogen-bond acceptors (Lipinski definition) is 6. The van der Waals surface area contributed by atoms with Crippen molar-refractivity contribution in [1.82, 2.24) is 15.2 Å². The lowest BCUT2D eigenvalue weighted by Crippen LogP contribution is -2.12. The van der Waals surface area contributed by atoms with Gasteiger partial charge in [0.2, 0.25) is 11.0 Å². The van der Waals surface area contributed by atoms with Gasteiger partial charge in [-0.2, -0.15) is 0 Å². The molecule has 1 amide bonds. The van der Waals surface area contributed by atoms with E-state index in [1.807, 2.05) is 67.6 Å². The van der Waals surface area contributed by atoms with E-state index in [1.54, 1.807) is 0 Å². The SMILES string of the molecule is Cc1nnc(NC(=O)CCc2nc(-c3ccccc3)c(-c3ccccc3)o2)s1. The molecule has 140 valence electrons. The molecule has 0 unspecified atom stereocenters. The number of nitrogens with one attached hydrogen (secondary N) is 1. The molecule has 6 nitrogen and oxygen atoms in total. The molecule has 2 heterocycles. The van der Waals surface area contributed by atoms with Crippen molar-refractivity contribution in [2.45, 2.75) is 19.8 Å². The van der Waals surface area contributed by atoms with Crippen molar-refractivity contribution in [2.75, 3.05) is 5.32 Å². The molecule has 0 fully saturated rings. The number of hydrogen-bond donors (Lipinski definition) is 1. The van der Waals surface area contributed by atoms with Crippen LogP contribution in [-0.4, -0.2) is 21.1 Å². The number of carbonyl (C=O) groups excluding carboxylic acids is 1. The van der Waals surface area contributed by atoms with Crippen molar-refractivity contribution in [3.05, 3.63) is 71.6 Å². The third-order valence-electron chi connectivity index (χ3n) is 4.09. The minimum absolute atomic E-state index is 0.142. The molecule has 28 heavy (non-hydrogen) atoms. The van der Waals surface area contributed by atoms with Crippen molar-refractivity contribution in [2.24, 2.45) is 0 Å². The summed E-state index contributed by atoms with van der Waals surface area (Å²) in [7, 11) is 0. The summed E-state index contributed by atoms with van der Waals surface area (Å²) in [5.74, 6) is 1.10. The van der Waals surface area contributed by atoms with Gasteiger partial charge in [-0.15, -0.1) is 10.2 Å². The highest BCUT2D eigenvalue weighted by Crippen LogP contribution is 2.32. The number of benzene rings is 2. The largest absolute Gasteiger partial charge is 0.440 e. The maximum absolute atomic E-state index is 12.2. The van der Waals surface area contributed by atoms with Crippen LogP contribution in [-0.2, 0) is 11.2 Å². The van der Waals surface area contributed by atoms with Crippen molar-refractivity contribution in [3.8, 4) is 22.6 Å². The van der Waals surface area contributed by atoms with Gasteiger partial charge in [-0.05, 0) is 6.92 Å². The molecule has 2 aromatic carbocycles. The predicted molar refractivity (Wildman–Crippen MR) is 109 cm³/mol. The van der Waals surface area contributed by atoms with E-state index in [1.165, 1.54) is 11.3 Å². The third kappa shape index (κ3) is 4.15. The molecule has 4 aromatic rings. The summed E-state index contributed by atoms with van der Waals surface area (Å²) < 4.78 is 6.04. The Bertz CT molecular complexity index is 1020. The molecule has 0 saturated heterocycles.